The van der Waals surface area contributed by atoms with E-state index in [0.29, 0.717) is 10.7 Å². The van der Waals surface area contributed by atoms with Crippen LogP contribution in [-0.4, -0.2) is 27.9 Å². The van der Waals surface area contributed by atoms with Gasteiger partial charge in [0.25, 0.3) is 5.79 Å². The minimum absolute atomic E-state index is 0.236. The molecule has 2 aromatic rings. The van der Waals surface area contributed by atoms with Crippen molar-refractivity contribution in [3.05, 3.63) is 35.1 Å². The van der Waals surface area contributed by atoms with E-state index in [9.17, 15) is 9.59 Å². The highest BCUT2D eigenvalue weighted by molar-refractivity contribution is 6.34. The Morgan fingerprint density at radius 3 is 2.64 bits per heavy atom. The molecule has 0 amide bonds. The van der Waals surface area contributed by atoms with E-state index in [2.05, 4.69) is 15.5 Å². The number of aromatic amines is 1. The molecule has 0 unspecified atom stereocenters. The minimum Gasteiger partial charge on any atom is -0.419 e. The average molecular weight is 322 g/mol. The molecular formula is C14H12ClN3O4. The number of ether oxygens (including phenoxy) is 2. The molecule has 2 heterocycles. The first kappa shape index (κ1) is 14.4. The summed E-state index contributed by atoms with van der Waals surface area (Å²) in [5.41, 5.74) is 1.04. The predicted molar refractivity (Wildman–Crippen MR) is 79.1 cm³/mol. The summed E-state index contributed by atoms with van der Waals surface area (Å²) in [6.45, 7) is 2.96. The van der Waals surface area contributed by atoms with Crippen molar-refractivity contribution >= 4 is 40.1 Å². The third-order valence-corrected chi connectivity index (χ3v) is 3.33. The van der Waals surface area contributed by atoms with Crippen molar-refractivity contribution in [3.8, 4) is 0 Å². The Hall–Kier alpha value is -2.54. The quantitative estimate of drug-likeness (QED) is 0.501. The van der Waals surface area contributed by atoms with Gasteiger partial charge in [-0.05, 0) is 12.1 Å². The van der Waals surface area contributed by atoms with Crippen molar-refractivity contribution in [2.24, 2.45) is 0 Å². The van der Waals surface area contributed by atoms with E-state index in [4.69, 9.17) is 21.1 Å². The second kappa shape index (κ2) is 5.03. The molecule has 0 saturated carbocycles. The number of nitrogens with zero attached hydrogens (tertiary/aromatic N) is 1. The standard InChI is InChI=1S/C14H12ClN3O4/c1-14(2)21-12(19)8(13(20)22-14)6-16-11-4-10-7(3-9(11)15)5-17-18-10/h3-6,16H,1-2H3,(H,17,18). The normalized spacial score (nSPS) is 17.1. The van der Waals surface area contributed by atoms with Crippen LogP contribution in [0.25, 0.3) is 10.9 Å². The van der Waals surface area contributed by atoms with E-state index >= 15 is 0 Å². The molecule has 0 atom stereocenters. The van der Waals surface area contributed by atoms with Crippen LogP contribution in [0.2, 0.25) is 5.02 Å². The molecule has 1 fully saturated rings. The van der Waals surface area contributed by atoms with Crippen LogP contribution in [0.3, 0.4) is 0 Å². The smallest absolute Gasteiger partial charge is 0.350 e. The van der Waals surface area contributed by atoms with Crippen LogP contribution in [0.15, 0.2) is 30.1 Å². The fourth-order valence-corrected chi connectivity index (χ4v) is 2.23. The van der Waals surface area contributed by atoms with Gasteiger partial charge in [0, 0.05) is 25.4 Å². The second-order valence-corrected chi connectivity index (χ2v) is 5.58. The summed E-state index contributed by atoms with van der Waals surface area (Å²) >= 11 is 6.13. The van der Waals surface area contributed by atoms with Crippen molar-refractivity contribution in [2.75, 3.05) is 5.32 Å². The Balaban J connectivity index is 1.87. The Morgan fingerprint density at radius 1 is 1.27 bits per heavy atom. The molecule has 1 aromatic carbocycles. The molecule has 114 valence electrons. The van der Waals surface area contributed by atoms with E-state index in [0.717, 1.165) is 10.9 Å². The van der Waals surface area contributed by atoms with Gasteiger partial charge in [-0.3, -0.25) is 5.10 Å². The summed E-state index contributed by atoms with van der Waals surface area (Å²) < 4.78 is 9.99. The molecule has 7 nitrogen and oxygen atoms in total. The predicted octanol–water partition coefficient (Wildman–Crippen LogP) is 2.35. The van der Waals surface area contributed by atoms with Gasteiger partial charge in [-0.2, -0.15) is 5.10 Å². The number of benzene rings is 1. The van der Waals surface area contributed by atoms with Crippen LogP contribution in [-0.2, 0) is 19.1 Å². The summed E-state index contributed by atoms with van der Waals surface area (Å²) in [5.74, 6) is -2.78. The Labute approximate surface area is 130 Å². The van der Waals surface area contributed by atoms with Crippen LogP contribution in [0.4, 0.5) is 5.69 Å². The zero-order chi connectivity index (χ0) is 15.9. The highest BCUT2D eigenvalue weighted by Crippen LogP contribution is 2.28. The molecule has 0 aliphatic carbocycles. The molecule has 3 rings (SSSR count). The zero-order valence-corrected chi connectivity index (χ0v) is 12.5. The number of hydrogen-bond acceptors (Lipinski definition) is 6. The van der Waals surface area contributed by atoms with Gasteiger partial charge in [-0.25, -0.2) is 9.59 Å². The lowest BCUT2D eigenvalue weighted by atomic mass is 10.2. The molecule has 2 N–H and O–H groups in total. The van der Waals surface area contributed by atoms with E-state index < -0.39 is 17.7 Å². The van der Waals surface area contributed by atoms with Crippen molar-refractivity contribution in [2.45, 2.75) is 19.6 Å². The molecule has 1 aliphatic heterocycles. The van der Waals surface area contributed by atoms with Crippen molar-refractivity contribution in [1.82, 2.24) is 10.2 Å². The van der Waals surface area contributed by atoms with Crippen molar-refractivity contribution in [1.29, 1.82) is 0 Å². The molecule has 8 heteroatoms. The number of hydrogen-bond donors (Lipinski definition) is 2. The second-order valence-electron chi connectivity index (χ2n) is 5.17. The van der Waals surface area contributed by atoms with Gasteiger partial charge in [0.2, 0.25) is 0 Å². The highest BCUT2D eigenvalue weighted by Gasteiger charge is 2.38. The van der Waals surface area contributed by atoms with Crippen LogP contribution in [0.5, 0.6) is 0 Å². The van der Waals surface area contributed by atoms with Gasteiger partial charge in [0.05, 0.1) is 22.4 Å². The first-order valence-electron chi connectivity index (χ1n) is 6.42. The molecular weight excluding hydrogens is 310 g/mol. The van der Waals surface area contributed by atoms with E-state index in [1.54, 1.807) is 18.3 Å². The molecule has 1 saturated heterocycles. The Bertz CT molecular complexity index is 788. The number of fused-ring (bicyclic) bond motifs is 1. The van der Waals surface area contributed by atoms with Gasteiger partial charge in [-0.15, -0.1) is 0 Å². The number of cyclic esters (lactones) is 2. The number of rotatable bonds is 2. The topological polar surface area (TPSA) is 93.3 Å². The summed E-state index contributed by atoms with van der Waals surface area (Å²) in [6.07, 6.45) is 2.85. The number of carbonyl (C=O) groups excluding carboxylic acids is 2. The monoisotopic (exact) mass is 321 g/mol. The molecule has 1 aliphatic rings. The lowest BCUT2D eigenvalue weighted by Gasteiger charge is -2.29. The number of esters is 2. The molecule has 1 aromatic heterocycles. The van der Waals surface area contributed by atoms with Crippen LogP contribution in [0, 0.1) is 0 Å². The van der Waals surface area contributed by atoms with Crippen molar-refractivity contribution < 1.29 is 19.1 Å². The number of anilines is 1. The van der Waals surface area contributed by atoms with Gasteiger partial charge < -0.3 is 14.8 Å². The first-order chi connectivity index (χ1) is 10.4. The van der Waals surface area contributed by atoms with Crippen molar-refractivity contribution in [3.63, 3.8) is 0 Å². The highest BCUT2D eigenvalue weighted by atomic mass is 35.5. The Morgan fingerprint density at radius 2 is 1.95 bits per heavy atom. The fraction of sp³-hybridized carbons (Fsp3) is 0.214. The number of aromatic nitrogens is 2. The molecule has 22 heavy (non-hydrogen) atoms. The van der Waals surface area contributed by atoms with Crippen LogP contribution >= 0.6 is 11.6 Å². The largest absolute Gasteiger partial charge is 0.419 e. The first-order valence-corrected chi connectivity index (χ1v) is 6.79. The average Bonchev–Trinajstić information content (AvgIpc) is 2.83. The fourth-order valence-electron chi connectivity index (χ4n) is 2.00. The zero-order valence-electron chi connectivity index (χ0n) is 11.8. The molecule has 0 bridgehead atoms. The van der Waals surface area contributed by atoms with Gasteiger partial charge in [0.1, 0.15) is 0 Å². The number of halogens is 1. The lowest BCUT2D eigenvalue weighted by molar-refractivity contribution is -0.222. The van der Waals surface area contributed by atoms with E-state index in [1.165, 1.54) is 20.0 Å². The summed E-state index contributed by atoms with van der Waals surface area (Å²) in [5, 5.41) is 10.8. The lowest BCUT2D eigenvalue weighted by Crippen LogP contribution is -2.42. The summed E-state index contributed by atoms with van der Waals surface area (Å²) in [4.78, 5) is 23.6. The van der Waals surface area contributed by atoms with Gasteiger partial charge in [0.15, 0.2) is 5.57 Å². The molecule has 0 spiro atoms. The third-order valence-electron chi connectivity index (χ3n) is 3.02. The van der Waals surface area contributed by atoms with Gasteiger partial charge >= 0.3 is 11.9 Å². The third kappa shape index (κ3) is 2.62. The van der Waals surface area contributed by atoms with Gasteiger partial charge in [-0.1, -0.05) is 11.6 Å². The Kier molecular flexibility index (Phi) is 3.29. The molecule has 0 radical (unpaired) electrons. The van der Waals surface area contributed by atoms with Crippen LogP contribution < -0.4 is 5.32 Å². The number of H-pyrrole nitrogens is 1. The maximum Gasteiger partial charge on any atom is 0.350 e. The maximum atomic E-state index is 11.8. The number of carbonyl (C=O) groups is 2. The SMILES string of the molecule is CC1(C)OC(=O)C(=CNc2cc3[nH]ncc3cc2Cl)C(=O)O1. The van der Waals surface area contributed by atoms with Crippen LogP contribution in [0.1, 0.15) is 13.8 Å². The van der Waals surface area contributed by atoms with E-state index in [1.807, 2.05) is 0 Å². The summed E-state index contributed by atoms with van der Waals surface area (Å²) in [6, 6.07) is 3.42. The minimum atomic E-state index is -1.27. The maximum absolute atomic E-state index is 11.8. The van der Waals surface area contributed by atoms with E-state index in [-0.39, 0.29) is 5.57 Å². The number of nitrogens with one attached hydrogen (secondary N) is 2. The summed E-state index contributed by atoms with van der Waals surface area (Å²) in [7, 11) is 0.